The number of hydrogen-bond acceptors (Lipinski definition) is 1. The molecule has 1 aromatic carbocycles. The molecular weight excluding hydrogens is 252 g/mol. The van der Waals surface area contributed by atoms with Crippen molar-refractivity contribution in [1.82, 2.24) is 0 Å². The van der Waals surface area contributed by atoms with Gasteiger partial charge in [-0.15, -0.1) is 0 Å². The van der Waals surface area contributed by atoms with Gasteiger partial charge in [-0.05, 0) is 48.8 Å². The number of halogens is 1. The molecule has 0 aromatic heterocycles. The van der Waals surface area contributed by atoms with Crippen LogP contribution >= 0.6 is 15.9 Å². The monoisotopic (exact) mass is 266 g/mol. The predicted molar refractivity (Wildman–Crippen MR) is 65.0 cm³/mol. The Morgan fingerprint density at radius 2 is 1.93 bits per heavy atom. The van der Waals surface area contributed by atoms with Gasteiger partial charge in [-0.25, -0.2) is 0 Å². The second-order valence-electron chi connectivity index (χ2n) is 4.35. The zero-order valence-electron chi connectivity index (χ0n) is 8.71. The van der Waals surface area contributed by atoms with E-state index < -0.39 is 0 Å². The summed E-state index contributed by atoms with van der Waals surface area (Å²) in [4.78, 5) is 10.3. The van der Waals surface area contributed by atoms with Crippen LogP contribution in [-0.2, 0) is 10.2 Å². The third kappa shape index (κ3) is 2.49. The molecule has 0 bridgehead atoms. The summed E-state index contributed by atoms with van der Waals surface area (Å²) in [6.07, 6.45) is 6.49. The van der Waals surface area contributed by atoms with Crippen LogP contribution < -0.4 is 0 Å². The lowest BCUT2D eigenvalue weighted by molar-refractivity contribution is -0.107. The van der Waals surface area contributed by atoms with Crippen molar-refractivity contribution in [2.24, 2.45) is 0 Å². The van der Waals surface area contributed by atoms with Gasteiger partial charge >= 0.3 is 0 Å². The highest BCUT2D eigenvalue weighted by molar-refractivity contribution is 9.10. The summed E-state index contributed by atoms with van der Waals surface area (Å²) in [5.41, 5.74) is 1.85. The number of benzene rings is 1. The lowest BCUT2D eigenvalue weighted by atomic mass is 9.90. The van der Waals surface area contributed by atoms with Gasteiger partial charge in [-0.1, -0.05) is 28.1 Å². The van der Waals surface area contributed by atoms with Crippen molar-refractivity contribution < 1.29 is 4.79 Å². The highest BCUT2D eigenvalue weighted by Crippen LogP contribution is 2.51. The van der Waals surface area contributed by atoms with Gasteiger partial charge < -0.3 is 4.79 Å². The Morgan fingerprint density at radius 1 is 1.27 bits per heavy atom. The van der Waals surface area contributed by atoms with E-state index in [2.05, 4.69) is 40.2 Å². The lowest BCUT2D eigenvalue weighted by Crippen LogP contribution is -2.06. The van der Waals surface area contributed by atoms with Gasteiger partial charge in [-0.2, -0.15) is 0 Å². The fourth-order valence-corrected chi connectivity index (χ4v) is 2.43. The fraction of sp³-hybridized carbons (Fsp3) is 0.462. The average Bonchev–Trinajstić information content (AvgIpc) is 3.00. The number of aldehydes is 1. The maximum Gasteiger partial charge on any atom is 0.119 e. The Morgan fingerprint density at radius 3 is 2.47 bits per heavy atom. The fourth-order valence-electron chi connectivity index (χ4n) is 2.16. The van der Waals surface area contributed by atoms with E-state index in [1.807, 2.05) is 0 Å². The van der Waals surface area contributed by atoms with Crippen LogP contribution in [0.15, 0.2) is 28.7 Å². The van der Waals surface area contributed by atoms with E-state index in [0.717, 1.165) is 23.6 Å². The van der Waals surface area contributed by atoms with Crippen LogP contribution in [0.4, 0.5) is 0 Å². The molecule has 0 spiro atoms. The Kier molecular flexibility index (Phi) is 3.25. The van der Waals surface area contributed by atoms with Crippen molar-refractivity contribution in [3.63, 3.8) is 0 Å². The SMILES string of the molecule is O=CCCCC1(c2ccc(Br)cc2)CC1. The van der Waals surface area contributed by atoms with Gasteiger partial charge in [0.25, 0.3) is 0 Å². The van der Waals surface area contributed by atoms with E-state index in [1.165, 1.54) is 18.4 Å². The molecule has 15 heavy (non-hydrogen) atoms. The molecule has 0 radical (unpaired) electrons. The molecule has 0 aliphatic heterocycles. The van der Waals surface area contributed by atoms with Crippen LogP contribution in [0.2, 0.25) is 0 Å². The molecule has 0 amide bonds. The zero-order valence-corrected chi connectivity index (χ0v) is 10.3. The van der Waals surface area contributed by atoms with Crippen molar-refractivity contribution in [2.45, 2.75) is 37.5 Å². The van der Waals surface area contributed by atoms with E-state index in [0.29, 0.717) is 11.8 Å². The number of rotatable bonds is 5. The highest BCUT2D eigenvalue weighted by Gasteiger charge is 2.43. The molecule has 0 saturated heterocycles. The second-order valence-corrected chi connectivity index (χ2v) is 5.26. The molecule has 0 heterocycles. The smallest absolute Gasteiger partial charge is 0.119 e. The van der Waals surface area contributed by atoms with Crippen LogP contribution in [0.3, 0.4) is 0 Å². The Labute approximate surface area is 99.0 Å². The zero-order chi connectivity index (χ0) is 10.7. The number of unbranched alkanes of at least 4 members (excludes halogenated alkanes) is 1. The Hall–Kier alpha value is -0.630. The molecule has 1 aliphatic carbocycles. The molecule has 1 fully saturated rings. The first-order chi connectivity index (χ1) is 7.27. The molecule has 0 atom stereocenters. The standard InChI is InChI=1S/C13H15BrO/c14-12-5-3-11(4-6-12)13(8-9-13)7-1-2-10-15/h3-6,10H,1-2,7-9H2. The van der Waals surface area contributed by atoms with Crippen molar-refractivity contribution in [3.05, 3.63) is 34.3 Å². The lowest BCUT2D eigenvalue weighted by Gasteiger charge is -2.14. The van der Waals surface area contributed by atoms with Crippen LogP contribution in [0.1, 0.15) is 37.7 Å². The first kappa shape index (κ1) is 10.9. The first-order valence-corrected chi connectivity index (χ1v) is 6.26. The topological polar surface area (TPSA) is 17.1 Å². The van der Waals surface area contributed by atoms with Crippen molar-refractivity contribution in [2.75, 3.05) is 0 Å². The molecule has 1 aliphatic rings. The highest BCUT2D eigenvalue weighted by atomic mass is 79.9. The van der Waals surface area contributed by atoms with Crippen LogP contribution in [0.25, 0.3) is 0 Å². The minimum absolute atomic E-state index is 0.406. The van der Waals surface area contributed by atoms with Gasteiger partial charge in [0.15, 0.2) is 0 Å². The summed E-state index contributed by atoms with van der Waals surface area (Å²) in [5, 5.41) is 0. The minimum Gasteiger partial charge on any atom is -0.303 e. The van der Waals surface area contributed by atoms with Crippen LogP contribution in [0.5, 0.6) is 0 Å². The largest absolute Gasteiger partial charge is 0.303 e. The molecule has 80 valence electrons. The Balaban J connectivity index is 2.02. The molecule has 1 aromatic rings. The summed E-state index contributed by atoms with van der Waals surface area (Å²) in [5.74, 6) is 0. The van der Waals surface area contributed by atoms with Crippen molar-refractivity contribution in [1.29, 1.82) is 0 Å². The molecule has 2 heteroatoms. The quantitative estimate of drug-likeness (QED) is 0.585. The maximum atomic E-state index is 10.3. The van der Waals surface area contributed by atoms with Gasteiger partial charge in [0.05, 0.1) is 0 Å². The summed E-state index contributed by atoms with van der Waals surface area (Å²) < 4.78 is 1.13. The summed E-state index contributed by atoms with van der Waals surface area (Å²) in [6.45, 7) is 0. The molecule has 2 rings (SSSR count). The van der Waals surface area contributed by atoms with Crippen molar-refractivity contribution >= 4 is 22.2 Å². The van der Waals surface area contributed by atoms with E-state index in [-0.39, 0.29) is 0 Å². The van der Waals surface area contributed by atoms with Gasteiger partial charge in [-0.3, -0.25) is 0 Å². The van der Waals surface area contributed by atoms with Gasteiger partial charge in [0, 0.05) is 10.9 Å². The average molecular weight is 267 g/mol. The van der Waals surface area contributed by atoms with Gasteiger partial charge in [0.2, 0.25) is 0 Å². The molecule has 0 N–H and O–H groups in total. The van der Waals surface area contributed by atoms with E-state index in [1.54, 1.807) is 0 Å². The number of hydrogen-bond donors (Lipinski definition) is 0. The molecule has 1 saturated carbocycles. The maximum absolute atomic E-state index is 10.3. The molecule has 1 nitrogen and oxygen atoms in total. The molecular formula is C13H15BrO. The second kappa shape index (κ2) is 4.48. The third-order valence-electron chi connectivity index (χ3n) is 3.29. The first-order valence-electron chi connectivity index (χ1n) is 5.46. The van der Waals surface area contributed by atoms with E-state index >= 15 is 0 Å². The predicted octanol–water partition coefficient (Wildman–Crippen LogP) is 3.85. The summed E-state index contributed by atoms with van der Waals surface area (Å²) in [7, 11) is 0. The van der Waals surface area contributed by atoms with Gasteiger partial charge in [0.1, 0.15) is 6.29 Å². The summed E-state index contributed by atoms with van der Waals surface area (Å²) in [6, 6.07) is 8.63. The number of carbonyl (C=O) groups is 1. The Bertz CT molecular complexity index is 338. The minimum atomic E-state index is 0.406. The number of carbonyl (C=O) groups excluding carboxylic acids is 1. The van der Waals surface area contributed by atoms with E-state index in [9.17, 15) is 4.79 Å². The molecule has 0 unspecified atom stereocenters. The van der Waals surface area contributed by atoms with Crippen LogP contribution in [-0.4, -0.2) is 6.29 Å². The van der Waals surface area contributed by atoms with Crippen LogP contribution in [0, 0.1) is 0 Å². The normalized spacial score (nSPS) is 17.4. The van der Waals surface area contributed by atoms with E-state index in [4.69, 9.17) is 0 Å². The third-order valence-corrected chi connectivity index (χ3v) is 3.82. The van der Waals surface area contributed by atoms with Crippen molar-refractivity contribution in [3.8, 4) is 0 Å². The summed E-state index contributed by atoms with van der Waals surface area (Å²) >= 11 is 3.45.